The zero-order valence-electron chi connectivity index (χ0n) is 11.3. The molecule has 6 N–H and O–H groups in total. The van der Waals surface area contributed by atoms with E-state index in [4.69, 9.17) is 16.0 Å². The van der Waals surface area contributed by atoms with Crippen molar-refractivity contribution in [1.29, 1.82) is 0 Å². The summed E-state index contributed by atoms with van der Waals surface area (Å²) in [6, 6.07) is 10.8. The van der Waals surface area contributed by atoms with E-state index < -0.39 is 23.1 Å². The summed E-state index contributed by atoms with van der Waals surface area (Å²) < 4.78 is 21.8. The molecule has 0 fully saturated rings. The normalized spacial score (nSPS) is 11.7. The Hall–Kier alpha value is -2.71. The number of hydrogen-bond donors (Lipinski definition) is 4. The number of hydrogen-bond acceptors (Lipinski definition) is 3. The minimum absolute atomic E-state index is 0.169. The van der Waals surface area contributed by atoms with Crippen molar-refractivity contribution >= 4 is 28.8 Å². The first kappa shape index (κ1) is 15.7. The summed E-state index contributed by atoms with van der Waals surface area (Å²) in [5.74, 6) is -1.37. The van der Waals surface area contributed by atoms with E-state index in [0.29, 0.717) is 16.8 Å². The molecule has 0 bridgehead atoms. The van der Waals surface area contributed by atoms with Crippen LogP contribution in [-0.4, -0.2) is 20.6 Å². The summed E-state index contributed by atoms with van der Waals surface area (Å²) in [7, 11) is 0. The predicted octanol–water partition coefficient (Wildman–Crippen LogP) is 1.10. The number of amides is 2. The van der Waals surface area contributed by atoms with Crippen molar-refractivity contribution in [2.24, 2.45) is 11.5 Å². The molecule has 8 heteroatoms. The molecule has 1 unspecified atom stereocenters. The van der Waals surface area contributed by atoms with Crippen LogP contribution >= 0.6 is 0 Å². The molecule has 0 saturated carbocycles. The number of benzene rings is 2. The average molecular weight is 319 g/mol. The maximum atomic E-state index is 11.6. The number of nitrogens with two attached hydrogens (primary N) is 2. The Balaban J connectivity index is 2.57. The molecule has 0 aromatic heterocycles. The number of primary amides is 2. The maximum Gasteiger partial charge on any atom is 0.259 e. The molecule has 0 aliphatic rings. The van der Waals surface area contributed by atoms with Gasteiger partial charge in [0.25, 0.3) is 11.3 Å². The van der Waals surface area contributed by atoms with E-state index in [2.05, 4.69) is 4.72 Å². The summed E-state index contributed by atoms with van der Waals surface area (Å²) in [6.45, 7) is 0. The van der Waals surface area contributed by atoms with Crippen LogP contribution in [0.25, 0.3) is 11.1 Å². The summed E-state index contributed by atoms with van der Waals surface area (Å²) in [4.78, 5) is 23.1. The van der Waals surface area contributed by atoms with E-state index in [-0.39, 0.29) is 11.1 Å². The van der Waals surface area contributed by atoms with Gasteiger partial charge in [0, 0.05) is 22.4 Å². The SMILES string of the molecule is NC(=O)c1cccc(C(N)=O)c1-c1ccc(NS(=O)O)cc1. The van der Waals surface area contributed by atoms with Gasteiger partial charge in [-0.05, 0) is 29.8 Å². The van der Waals surface area contributed by atoms with E-state index >= 15 is 0 Å². The second-order valence-corrected chi connectivity index (χ2v) is 5.09. The first-order chi connectivity index (χ1) is 10.4. The highest BCUT2D eigenvalue weighted by atomic mass is 32.2. The Labute approximate surface area is 128 Å². The molecule has 0 heterocycles. The highest BCUT2D eigenvalue weighted by Crippen LogP contribution is 2.28. The molecule has 0 aliphatic heterocycles. The fourth-order valence-corrected chi connectivity index (χ4v) is 2.42. The lowest BCUT2D eigenvalue weighted by molar-refractivity contribution is 0.0999. The van der Waals surface area contributed by atoms with Crippen molar-refractivity contribution in [3.63, 3.8) is 0 Å². The van der Waals surface area contributed by atoms with Gasteiger partial charge in [-0.1, -0.05) is 18.2 Å². The fraction of sp³-hybridized carbons (Fsp3) is 0. The molecule has 2 rings (SSSR count). The Morgan fingerprint density at radius 3 is 1.86 bits per heavy atom. The van der Waals surface area contributed by atoms with Crippen LogP contribution in [-0.2, 0) is 11.3 Å². The van der Waals surface area contributed by atoms with E-state index in [1.54, 1.807) is 12.1 Å². The van der Waals surface area contributed by atoms with Crippen molar-refractivity contribution in [3.05, 3.63) is 53.6 Å². The average Bonchev–Trinajstić information content (AvgIpc) is 2.46. The van der Waals surface area contributed by atoms with Gasteiger partial charge in [-0.2, -0.15) is 0 Å². The maximum absolute atomic E-state index is 11.6. The first-order valence-corrected chi connectivity index (χ1v) is 7.21. The van der Waals surface area contributed by atoms with Crippen LogP contribution in [0.1, 0.15) is 20.7 Å². The molecule has 0 saturated heterocycles. The van der Waals surface area contributed by atoms with Gasteiger partial charge in [-0.3, -0.25) is 18.9 Å². The van der Waals surface area contributed by atoms with Gasteiger partial charge in [0.15, 0.2) is 0 Å². The molecule has 0 spiro atoms. The van der Waals surface area contributed by atoms with Crippen LogP contribution in [0, 0.1) is 0 Å². The highest BCUT2D eigenvalue weighted by molar-refractivity contribution is 7.80. The molecule has 1 atom stereocenters. The van der Waals surface area contributed by atoms with Gasteiger partial charge in [0.05, 0.1) is 0 Å². The molecule has 0 aliphatic carbocycles. The van der Waals surface area contributed by atoms with Gasteiger partial charge in [-0.25, -0.2) is 4.21 Å². The van der Waals surface area contributed by atoms with Crippen LogP contribution in [0.5, 0.6) is 0 Å². The smallest absolute Gasteiger partial charge is 0.259 e. The van der Waals surface area contributed by atoms with E-state index in [0.717, 1.165) is 0 Å². The lowest BCUT2D eigenvalue weighted by Gasteiger charge is -2.12. The first-order valence-electron chi connectivity index (χ1n) is 6.10. The van der Waals surface area contributed by atoms with Crippen molar-refractivity contribution in [1.82, 2.24) is 0 Å². The minimum atomic E-state index is -2.19. The van der Waals surface area contributed by atoms with Crippen LogP contribution < -0.4 is 16.2 Å². The van der Waals surface area contributed by atoms with Crippen LogP contribution in [0.15, 0.2) is 42.5 Å². The largest absolute Gasteiger partial charge is 0.366 e. The quantitative estimate of drug-likeness (QED) is 0.613. The Morgan fingerprint density at radius 2 is 1.45 bits per heavy atom. The number of carbonyl (C=O) groups excluding carboxylic acids is 2. The third kappa shape index (κ3) is 3.30. The van der Waals surface area contributed by atoms with Crippen molar-refractivity contribution in [2.75, 3.05) is 4.72 Å². The van der Waals surface area contributed by atoms with E-state index in [1.165, 1.54) is 30.3 Å². The molecule has 114 valence electrons. The second-order valence-electron chi connectivity index (χ2n) is 4.39. The lowest BCUT2D eigenvalue weighted by Crippen LogP contribution is -2.18. The summed E-state index contributed by atoms with van der Waals surface area (Å²) in [5, 5.41) is 0. The van der Waals surface area contributed by atoms with Crippen molar-refractivity contribution < 1.29 is 18.4 Å². The van der Waals surface area contributed by atoms with Crippen LogP contribution in [0.4, 0.5) is 5.69 Å². The third-order valence-corrected chi connectivity index (χ3v) is 3.38. The zero-order chi connectivity index (χ0) is 16.3. The van der Waals surface area contributed by atoms with Crippen molar-refractivity contribution in [2.45, 2.75) is 0 Å². The molecule has 2 aromatic rings. The number of nitrogens with one attached hydrogen (secondary N) is 1. The van der Waals surface area contributed by atoms with Gasteiger partial charge >= 0.3 is 0 Å². The molecule has 7 nitrogen and oxygen atoms in total. The fourth-order valence-electron chi connectivity index (χ4n) is 2.08. The number of carbonyl (C=O) groups is 2. The summed E-state index contributed by atoms with van der Waals surface area (Å²) in [5.41, 5.74) is 12.3. The molecule has 0 radical (unpaired) electrons. The topological polar surface area (TPSA) is 136 Å². The number of anilines is 1. The van der Waals surface area contributed by atoms with Gasteiger partial charge in [-0.15, -0.1) is 0 Å². The van der Waals surface area contributed by atoms with Gasteiger partial charge < -0.3 is 11.5 Å². The molecule has 22 heavy (non-hydrogen) atoms. The van der Waals surface area contributed by atoms with E-state index in [1.807, 2.05) is 0 Å². The predicted molar refractivity (Wildman–Crippen MR) is 83.3 cm³/mol. The third-order valence-electron chi connectivity index (χ3n) is 2.97. The monoisotopic (exact) mass is 319 g/mol. The van der Waals surface area contributed by atoms with Crippen LogP contribution in [0.3, 0.4) is 0 Å². The molecule has 2 amide bonds. The Bertz CT molecular complexity index is 727. The standard InChI is InChI=1S/C14H13N3O4S/c15-13(18)10-2-1-3-11(14(16)19)12(10)8-4-6-9(7-5-8)17-22(20)21/h1-7,17H,(H2,15,18)(H2,16,19)(H,20,21). The van der Waals surface area contributed by atoms with Crippen molar-refractivity contribution in [3.8, 4) is 11.1 Å². The minimum Gasteiger partial charge on any atom is -0.366 e. The molecular weight excluding hydrogens is 306 g/mol. The highest BCUT2D eigenvalue weighted by Gasteiger charge is 2.17. The van der Waals surface area contributed by atoms with E-state index in [9.17, 15) is 13.8 Å². The lowest BCUT2D eigenvalue weighted by atomic mass is 9.93. The van der Waals surface area contributed by atoms with Crippen LogP contribution in [0.2, 0.25) is 0 Å². The zero-order valence-corrected chi connectivity index (χ0v) is 12.1. The van der Waals surface area contributed by atoms with Gasteiger partial charge in [0.2, 0.25) is 11.8 Å². The molecular formula is C14H13N3O4S. The second kappa shape index (κ2) is 6.37. The van der Waals surface area contributed by atoms with Gasteiger partial charge in [0.1, 0.15) is 0 Å². The summed E-state index contributed by atoms with van der Waals surface area (Å²) >= 11 is -2.19. The Morgan fingerprint density at radius 1 is 0.955 bits per heavy atom. The molecule has 2 aromatic carbocycles. The summed E-state index contributed by atoms with van der Waals surface area (Å²) in [6.07, 6.45) is 0. The Kier molecular flexibility index (Phi) is 4.54. The number of rotatable bonds is 5.